The summed E-state index contributed by atoms with van der Waals surface area (Å²) in [4.78, 5) is 11.9. The fourth-order valence-electron chi connectivity index (χ4n) is 6.13. The van der Waals surface area contributed by atoms with Gasteiger partial charge in [0.15, 0.2) is 0 Å². The van der Waals surface area contributed by atoms with E-state index in [4.69, 9.17) is 9.47 Å². The predicted octanol–water partition coefficient (Wildman–Crippen LogP) is 4.67. The third kappa shape index (κ3) is 2.61. The number of carbonyl (C=O) groups is 1. The van der Waals surface area contributed by atoms with E-state index in [1.54, 1.807) is 11.1 Å². The van der Waals surface area contributed by atoms with Crippen LogP contribution >= 0.6 is 0 Å². The van der Waals surface area contributed by atoms with Crippen molar-refractivity contribution in [1.82, 2.24) is 0 Å². The van der Waals surface area contributed by atoms with Crippen LogP contribution in [0.5, 0.6) is 0 Å². The Balaban J connectivity index is 1.82. The monoisotopic (exact) mass is 344 g/mol. The summed E-state index contributed by atoms with van der Waals surface area (Å²) in [6.07, 6.45) is 4.82. The molecule has 0 bridgehead atoms. The van der Waals surface area contributed by atoms with E-state index in [1.165, 1.54) is 31.8 Å². The van der Waals surface area contributed by atoms with Gasteiger partial charge < -0.3 is 9.47 Å². The number of ether oxygens (including phenoxy) is 2. The van der Waals surface area contributed by atoms with Crippen LogP contribution in [0, 0.1) is 29.6 Å². The first-order valence-electron chi connectivity index (χ1n) is 9.98. The molecule has 0 aromatic heterocycles. The van der Waals surface area contributed by atoms with Crippen molar-refractivity contribution in [3.05, 3.63) is 23.3 Å². The lowest BCUT2D eigenvalue weighted by molar-refractivity contribution is -0.158. The molecule has 1 unspecified atom stereocenters. The standard InChI is InChI=1S/C22H32O3/c1-11-7-10-16-13(3)20(24-14(4)23)19(21-22(5,6)25-21)17-12(2)8-9-15(11)18(16)17/h11,13,16-17,19-21H,2,7-10H2,1,3-6H3/t11-,13+,16+,17+,19?,20-,21+/m1/s1. The molecule has 0 amide bonds. The number of rotatable bonds is 2. The van der Waals surface area contributed by atoms with Gasteiger partial charge >= 0.3 is 5.97 Å². The number of hydrogen-bond donors (Lipinski definition) is 0. The quantitative estimate of drug-likeness (QED) is 0.415. The molecule has 1 aliphatic heterocycles. The second-order valence-corrected chi connectivity index (χ2v) is 9.35. The lowest BCUT2D eigenvalue weighted by Gasteiger charge is -2.53. The highest BCUT2D eigenvalue weighted by atomic mass is 16.6. The lowest BCUT2D eigenvalue weighted by atomic mass is 9.53. The summed E-state index contributed by atoms with van der Waals surface area (Å²) in [6.45, 7) is 15.0. The number of allylic oxidation sites excluding steroid dienone is 3. The maximum Gasteiger partial charge on any atom is 0.302 e. The van der Waals surface area contributed by atoms with Gasteiger partial charge in [-0.05, 0) is 51.4 Å². The van der Waals surface area contributed by atoms with Gasteiger partial charge in [-0.25, -0.2) is 0 Å². The van der Waals surface area contributed by atoms with Gasteiger partial charge in [-0.1, -0.05) is 37.1 Å². The van der Waals surface area contributed by atoms with Crippen molar-refractivity contribution in [2.24, 2.45) is 29.6 Å². The Morgan fingerprint density at radius 1 is 1.24 bits per heavy atom. The highest BCUT2D eigenvalue weighted by Gasteiger charge is 2.62. The molecule has 1 saturated carbocycles. The number of epoxide rings is 1. The molecule has 0 spiro atoms. The van der Waals surface area contributed by atoms with Gasteiger partial charge in [-0.3, -0.25) is 4.79 Å². The molecule has 3 nitrogen and oxygen atoms in total. The normalized spacial score (nSPS) is 45.0. The summed E-state index contributed by atoms with van der Waals surface area (Å²) in [5.41, 5.74) is 4.56. The molecule has 1 saturated heterocycles. The van der Waals surface area contributed by atoms with Crippen LogP contribution in [0.1, 0.15) is 60.3 Å². The Bertz CT molecular complexity index is 644. The van der Waals surface area contributed by atoms with Crippen LogP contribution in [-0.4, -0.2) is 23.8 Å². The van der Waals surface area contributed by atoms with Gasteiger partial charge in [0.25, 0.3) is 0 Å². The fourth-order valence-corrected chi connectivity index (χ4v) is 6.13. The summed E-state index contributed by atoms with van der Waals surface area (Å²) in [7, 11) is 0. The van der Waals surface area contributed by atoms with Crippen molar-refractivity contribution < 1.29 is 14.3 Å². The van der Waals surface area contributed by atoms with Gasteiger partial charge in [0, 0.05) is 24.7 Å². The third-order valence-corrected chi connectivity index (χ3v) is 7.39. The second kappa shape index (κ2) is 5.70. The molecule has 3 aliphatic carbocycles. The van der Waals surface area contributed by atoms with Crippen molar-refractivity contribution in [3.8, 4) is 0 Å². The lowest BCUT2D eigenvalue weighted by Crippen LogP contribution is -2.52. The van der Waals surface area contributed by atoms with Gasteiger partial charge in [-0.2, -0.15) is 0 Å². The second-order valence-electron chi connectivity index (χ2n) is 9.35. The summed E-state index contributed by atoms with van der Waals surface area (Å²) in [6, 6.07) is 0. The molecule has 7 atom stereocenters. The fraction of sp³-hybridized carbons (Fsp3) is 0.773. The van der Waals surface area contributed by atoms with Crippen LogP contribution in [0.2, 0.25) is 0 Å². The molecule has 25 heavy (non-hydrogen) atoms. The van der Waals surface area contributed by atoms with E-state index in [0.29, 0.717) is 23.7 Å². The van der Waals surface area contributed by atoms with E-state index in [1.807, 2.05) is 0 Å². The molecule has 0 radical (unpaired) electrons. The highest BCUT2D eigenvalue weighted by molar-refractivity contribution is 5.66. The number of carbonyl (C=O) groups excluding carboxylic acids is 1. The van der Waals surface area contributed by atoms with Crippen LogP contribution in [0.15, 0.2) is 23.3 Å². The summed E-state index contributed by atoms with van der Waals surface area (Å²) in [5.74, 6) is 1.97. The molecule has 0 aromatic carbocycles. The van der Waals surface area contributed by atoms with E-state index in [9.17, 15) is 4.79 Å². The minimum atomic E-state index is -0.168. The topological polar surface area (TPSA) is 38.8 Å². The molecule has 138 valence electrons. The Labute approximate surface area is 151 Å². The highest BCUT2D eigenvalue weighted by Crippen LogP contribution is 2.60. The zero-order chi connectivity index (χ0) is 18.1. The molecule has 0 aromatic rings. The maximum atomic E-state index is 11.9. The van der Waals surface area contributed by atoms with Gasteiger partial charge in [0.05, 0.1) is 11.7 Å². The average molecular weight is 344 g/mol. The van der Waals surface area contributed by atoms with Gasteiger partial charge in [-0.15, -0.1) is 0 Å². The average Bonchev–Trinajstić information content (AvgIpc) is 3.15. The SMILES string of the molecule is C=C1CCC2=C3[C@H]1C([C@@H]1OC1(C)C)[C@H](OC(C)=O)[C@@H](C)[C@@H]3CC[C@H]2C. The molecule has 0 N–H and O–H groups in total. The van der Waals surface area contributed by atoms with E-state index >= 15 is 0 Å². The Morgan fingerprint density at radius 2 is 1.92 bits per heavy atom. The first kappa shape index (κ1) is 17.3. The molecule has 3 heteroatoms. The number of hydrogen-bond acceptors (Lipinski definition) is 3. The molecule has 4 rings (SSSR count). The van der Waals surface area contributed by atoms with Crippen LogP contribution < -0.4 is 0 Å². The van der Waals surface area contributed by atoms with Crippen LogP contribution in [0.25, 0.3) is 0 Å². The van der Waals surface area contributed by atoms with Gasteiger partial charge in [0.1, 0.15) is 6.10 Å². The van der Waals surface area contributed by atoms with E-state index < -0.39 is 0 Å². The molecule has 1 heterocycles. The zero-order valence-electron chi connectivity index (χ0n) is 16.3. The Kier molecular flexibility index (Phi) is 3.95. The van der Waals surface area contributed by atoms with Crippen molar-refractivity contribution >= 4 is 5.97 Å². The van der Waals surface area contributed by atoms with E-state index in [-0.39, 0.29) is 29.7 Å². The van der Waals surface area contributed by atoms with E-state index in [2.05, 4.69) is 34.3 Å². The Hall–Kier alpha value is -1.09. The molecular formula is C22H32O3. The molecule has 4 aliphatic rings. The van der Waals surface area contributed by atoms with E-state index in [0.717, 1.165) is 6.42 Å². The smallest absolute Gasteiger partial charge is 0.302 e. The summed E-state index contributed by atoms with van der Waals surface area (Å²) in [5, 5.41) is 0. The number of esters is 1. The zero-order valence-corrected chi connectivity index (χ0v) is 16.3. The van der Waals surface area contributed by atoms with Crippen molar-refractivity contribution in [3.63, 3.8) is 0 Å². The molecule has 2 fully saturated rings. The van der Waals surface area contributed by atoms with Crippen LogP contribution in [0.4, 0.5) is 0 Å². The Morgan fingerprint density at radius 3 is 2.52 bits per heavy atom. The summed E-state index contributed by atoms with van der Waals surface area (Å²) >= 11 is 0. The molecular weight excluding hydrogens is 312 g/mol. The minimum absolute atomic E-state index is 0.0625. The third-order valence-electron chi connectivity index (χ3n) is 7.39. The minimum Gasteiger partial charge on any atom is -0.462 e. The van der Waals surface area contributed by atoms with Crippen molar-refractivity contribution in [2.45, 2.75) is 78.1 Å². The first-order valence-corrected chi connectivity index (χ1v) is 9.98. The van der Waals surface area contributed by atoms with Crippen LogP contribution in [0.3, 0.4) is 0 Å². The van der Waals surface area contributed by atoms with Crippen molar-refractivity contribution in [2.75, 3.05) is 0 Å². The predicted molar refractivity (Wildman–Crippen MR) is 97.9 cm³/mol. The first-order chi connectivity index (χ1) is 11.7. The van der Waals surface area contributed by atoms with Gasteiger partial charge in [0.2, 0.25) is 0 Å². The van der Waals surface area contributed by atoms with Crippen LogP contribution in [-0.2, 0) is 14.3 Å². The maximum absolute atomic E-state index is 11.9. The summed E-state index contributed by atoms with van der Waals surface area (Å²) < 4.78 is 12.0. The largest absolute Gasteiger partial charge is 0.462 e. The van der Waals surface area contributed by atoms with Crippen molar-refractivity contribution in [1.29, 1.82) is 0 Å².